The van der Waals surface area contributed by atoms with Gasteiger partial charge in [-0.15, -0.1) is 15.3 Å². The summed E-state index contributed by atoms with van der Waals surface area (Å²) in [7, 11) is 0. The van der Waals surface area contributed by atoms with Crippen molar-refractivity contribution in [1.82, 2.24) is 35.0 Å². The number of aromatic nitrogens is 7. The monoisotopic (exact) mass is 398 g/mol. The summed E-state index contributed by atoms with van der Waals surface area (Å²) < 4.78 is 9.58. The third kappa shape index (κ3) is 3.49. The summed E-state index contributed by atoms with van der Waals surface area (Å²) in [6.45, 7) is 5.14. The lowest BCUT2D eigenvalue weighted by Gasteiger charge is -2.28. The van der Waals surface area contributed by atoms with Crippen molar-refractivity contribution in [2.75, 3.05) is 31.2 Å². The van der Waals surface area contributed by atoms with Gasteiger partial charge in [0, 0.05) is 13.1 Å². The van der Waals surface area contributed by atoms with E-state index in [2.05, 4.69) is 66.4 Å². The Kier molecular flexibility index (Phi) is 4.73. The largest absolute Gasteiger partial charge is 0.378 e. The molecule has 10 heteroatoms. The number of thioether (sulfide) groups is 1. The van der Waals surface area contributed by atoms with Crippen molar-refractivity contribution in [3.63, 3.8) is 0 Å². The second kappa shape index (κ2) is 7.51. The third-order valence-corrected chi connectivity index (χ3v) is 5.88. The van der Waals surface area contributed by atoms with Gasteiger partial charge in [-0.3, -0.25) is 4.57 Å². The van der Waals surface area contributed by atoms with Crippen LogP contribution >= 0.6 is 11.8 Å². The molecule has 0 radical (unpaired) electrons. The Morgan fingerprint density at radius 2 is 2.00 bits per heavy atom. The standard InChI is InChI=1S/C18H22N8OS/c1-13-3-2-4-15(11-13)25-17(24-7-9-27-10-8-24)20-21-18(25)28-12-16-19-22-23-26(16)14-5-6-14/h2-4,11,14H,5-10,12H2,1H3. The Labute approximate surface area is 167 Å². The third-order valence-electron chi connectivity index (χ3n) is 4.95. The van der Waals surface area contributed by atoms with Crippen molar-refractivity contribution >= 4 is 17.7 Å². The molecule has 1 aliphatic carbocycles. The maximum Gasteiger partial charge on any atom is 0.232 e. The van der Waals surface area contributed by atoms with Crippen LogP contribution < -0.4 is 4.90 Å². The van der Waals surface area contributed by atoms with Crippen LogP contribution in [0.3, 0.4) is 0 Å². The fraction of sp³-hybridized carbons (Fsp3) is 0.500. The predicted molar refractivity (Wildman–Crippen MR) is 105 cm³/mol. The molecule has 3 aromatic rings. The van der Waals surface area contributed by atoms with E-state index in [1.54, 1.807) is 11.8 Å². The highest BCUT2D eigenvalue weighted by atomic mass is 32.2. The summed E-state index contributed by atoms with van der Waals surface area (Å²) in [5.74, 6) is 2.41. The van der Waals surface area contributed by atoms with Gasteiger partial charge < -0.3 is 9.64 Å². The Morgan fingerprint density at radius 3 is 2.79 bits per heavy atom. The molecule has 0 atom stereocenters. The van der Waals surface area contributed by atoms with Gasteiger partial charge in [0.05, 0.1) is 30.7 Å². The molecule has 0 amide bonds. The van der Waals surface area contributed by atoms with Gasteiger partial charge in [0.25, 0.3) is 0 Å². The topological polar surface area (TPSA) is 86.8 Å². The first kappa shape index (κ1) is 17.6. The first-order valence-electron chi connectivity index (χ1n) is 9.54. The molecular formula is C18H22N8OS. The number of anilines is 1. The molecule has 2 aliphatic rings. The maximum absolute atomic E-state index is 5.50. The number of morpholine rings is 1. The summed E-state index contributed by atoms with van der Waals surface area (Å²) >= 11 is 1.62. The lowest BCUT2D eigenvalue weighted by Crippen LogP contribution is -2.37. The van der Waals surface area contributed by atoms with Crippen LogP contribution in [0.5, 0.6) is 0 Å². The van der Waals surface area contributed by atoms with Crippen molar-refractivity contribution in [3.05, 3.63) is 35.7 Å². The number of hydrogen-bond acceptors (Lipinski definition) is 8. The van der Waals surface area contributed by atoms with E-state index >= 15 is 0 Å². The molecule has 2 fully saturated rings. The van der Waals surface area contributed by atoms with Crippen molar-refractivity contribution < 1.29 is 4.74 Å². The van der Waals surface area contributed by atoms with Gasteiger partial charge in [-0.05, 0) is 47.9 Å². The van der Waals surface area contributed by atoms with Crippen LogP contribution in [0.15, 0.2) is 29.4 Å². The highest BCUT2D eigenvalue weighted by Crippen LogP contribution is 2.36. The molecule has 0 bridgehead atoms. The zero-order chi connectivity index (χ0) is 18.9. The van der Waals surface area contributed by atoms with Crippen LogP contribution in [0.25, 0.3) is 5.69 Å². The number of tetrazole rings is 1. The van der Waals surface area contributed by atoms with E-state index < -0.39 is 0 Å². The molecule has 5 rings (SSSR count). The van der Waals surface area contributed by atoms with Crippen molar-refractivity contribution in [3.8, 4) is 5.69 Å². The normalized spacial score (nSPS) is 17.2. The van der Waals surface area contributed by atoms with Crippen LogP contribution in [0.2, 0.25) is 0 Å². The van der Waals surface area contributed by atoms with Crippen LogP contribution in [0, 0.1) is 6.92 Å². The van der Waals surface area contributed by atoms with Gasteiger partial charge in [-0.2, -0.15) is 0 Å². The van der Waals surface area contributed by atoms with Crippen LogP contribution in [-0.2, 0) is 10.5 Å². The minimum atomic E-state index is 0.462. The molecule has 3 heterocycles. The summed E-state index contributed by atoms with van der Waals surface area (Å²) in [5, 5.41) is 22.1. The first-order valence-corrected chi connectivity index (χ1v) is 10.5. The Bertz CT molecular complexity index is 960. The molecular weight excluding hydrogens is 376 g/mol. The number of hydrogen-bond donors (Lipinski definition) is 0. The molecule has 0 N–H and O–H groups in total. The van der Waals surface area contributed by atoms with Crippen molar-refractivity contribution in [1.29, 1.82) is 0 Å². The summed E-state index contributed by atoms with van der Waals surface area (Å²) in [4.78, 5) is 2.23. The van der Waals surface area contributed by atoms with E-state index in [4.69, 9.17) is 4.74 Å². The second-order valence-electron chi connectivity index (χ2n) is 7.12. The van der Waals surface area contributed by atoms with E-state index in [0.717, 1.165) is 48.5 Å². The number of ether oxygens (including phenoxy) is 1. The molecule has 1 aromatic carbocycles. The van der Waals surface area contributed by atoms with Crippen molar-refractivity contribution in [2.24, 2.45) is 0 Å². The molecule has 28 heavy (non-hydrogen) atoms. The van der Waals surface area contributed by atoms with Crippen LogP contribution in [0.4, 0.5) is 5.95 Å². The van der Waals surface area contributed by atoms with E-state index in [0.29, 0.717) is 25.0 Å². The molecule has 1 saturated carbocycles. The second-order valence-corrected chi connectivity index (χ2v) is 8.06. The molecule has 1 saturated heterocycles. The lowest BCUT2D eigenvalue weighted by molar-refractivity contribution is 0.122. The number of aryl methyl sites for hydroxylation is 1. The Morgan fingerprint density at radius 1 is 1.14 bits per heavy atom. The number of benzene rings is 1. The summed E-state index contributed by atoms with van der Waals surface area (Å²) in [6, 6.07) is 8.88. The fourth-order valence-corrected chi connectivity index (χ4v) is 4.22. The van der Waals surface area contributed by atoms with Crippen molar-refractivity contribution in [2.45, 2.75) is 36.7 Å². The molecule has 1 aliphatic heterocycles. The lowest BCUT2D eigenvalue weighted by atomic mass is 10.2. The van der Waals surface area contributed by atoms with Gasteiger partial charge in [0.1, 0.15) is 0 Å². The van der Waals surface area contributed by atoms with Crippen LogP contribution in [-0.4, -0.2) is 61.3 Å². The van der Waals surface area contributed by atoms with Gasteiger partial charge >= 0.3 is 0 Å². The van der Waals surface area contributed by atoms with E-state index in [9.17, 15) is 0 Å². The Hall–Kier alpha value is -2.46. The smallest absolute Gasteiger partial charge is 0.232 e. The highest BCUT2D eigenvalue weighted by Gasteiger charge is 2.28. The minimum absolute atomic E-state index is 0.462. The minimum Gasteiger partial charge on any atom is -0.378 e. The Balaban J connectivity index is 1.46. The van der Waals surface area contributed by atoms with Gasteiger partial charge in [0.2, 0.25) is 5.95 Å². The van der Waals surface area contributed by atoms with E-state index in [1.165, 1.54) is 5.56 Å². The SMILES string of the molecule is Cc1cccc(-n2c(SCc3nnnn3C3CC3)nnc2N2CCOCC2)c1. The zero-order valence-corrected chi connectivity index (χ0v) is 16.5. The molecule has 2 aromatic heterocycles. The molecule has 0 spiro atoms. The number of nitrogens with zero attached hydrogens (tertiary/aromatic N) is 8. The number of rotatable bonds is 6. The van der Waals surface area contributed by atoms with Gasteiger partial charge in [-0.25, -0.2) is 4.68 Å². The maximum atomic E-state index is 5.50. The zero-order valence-electron chi connectivity index (χ0n) is 15.7. The summed E-state index contributed by atoms with van der Waals surface area (Å²) in [6.07, 6.45) is 2.31. The highest BCUT2D eigenvalue weighted by molar-refractivity contribution is 7.98. The first-order chi connectivity index (χ1) is 13.8. The quantitative estimate of drug-likeness (QED) is 0.583. The average Bonchev–Trinajstić information content (AvgIpc) is 3.30. The molecule has 146 valence electrons. The summed E-state index contributed by atoms with van der Waals surface area (Å²) in [5.41, 5.74) is 2.27. The molecule has 9 nitrogen and oxygen atoms in total. The average molecular weight is 398 g/mol. The van der Waals surface area contributed by atoms with Gasteiger partial charge in [0.15, 0.2) is 11.0 Å². The van der Waals surface area contributed by atoms with E-state index in [1.807, 2.05) is 4.68 Å². The fourth-order valence-electron chi connectivity index (χ4n) is 3.36. The molecule has 0 unspecified atom stereocenters. The van der Waals surface area contributed by atoms with Gasteiger partial charge in [-0.1, -0.05) is 23.9 Å². The van der Waals surface area contributed by atoms with Crippen LogP contribution in [0.1, 0.15) is 30.3 Å². The predicted octanol–water partition coefficient (Wildman–Crippen LogP) is 2.03. The van der Waals surface area contributed by atoms with E-state index in [-0.39, 0.29) is 0 Å².